The van der Waals surface area contributed by atoms with Gasteiger partial charge in [0.2, 0.25) is 0 Å². The summed E-state index contributed by atoms with van der Waals surface area (Å²) in [5, 5.41) is 4.96. The maximum Gasteiger partial charge on any atom is 0.0731 e. The highest BCUT2D eigenvalue weighted by Crippen LogP contribution is 2.35. The van der Waals surface area contributed by atoms with E-state index in [9.17, 15) is 0 Å². The van der Waals surface area contributed by atoms with Crippen molar-refractivity contribution in [3.8, 4) is 0 Å². The molecule has 0 unspecified atom stereocenters. The van der Waals surface area contributed by atoms with Gasteiger partial charge in [0.25, 0.3) is 0 Å². The maximum absolute atomic E-state index is 5.00. The molecule has 0 saturated carbocycles. The zero-order valence-corrected chi connectivity index (χ0v) is 12.8. The van der Waals surface area contributed by atoms with Crippen molar-refractivity contribution < 1.29 is 0 Å². The highest BCUT2D eigenvalue weighted by molar-refractivity contribution is 5.96. The van der Waals surface area contributed by atoms with Crippen LogP contribution in [0.4, 0.5) is 5.69 Å². The van der Waals surface area contributed by atoms with Crippen molar-refractivity contribution in [2.45, 2.75) is 52.9 Å². The van der Waals surface area contributed by atoms with Crippen molar-refractivity contribution in [3.63, 3.8) is 0 Å². The highest BCUT2D eigenvalue weighted by atomic mass is 14.9. The molecule has 0 aliphatic heterocycles. The predicted octanol–water partition coefficient (Wildman–Crippen LogP) is 4.55. The van der Waals surface area contributed by atoms with Crippen molar-refractivity contribution in [1.82, 2.24) is 4.98 Å². The van der Waals surface area contributed by atoms with Crippen LogP contribution < -0.4 is 5.32 Å². The van der Waals surface area contributed by atoms with E-state index in [-0.39, 0.29) is 0 Å². The standard InChI is InChI=1S/C18H24N2/c1-4-19-18-14-8-6-5-7-9-15(14)20-16-11-12(2)10-13(3)17(16)18/h10-11H,4-9H2,1-3H3,(H,19,20). The van der Waals surface area contributed by atoms with Gasteiger partial charge in [-0.1, -0.05) is 12.5 Å². The van der Waals surface area contributed by atoms with Crippen LogP contribution >= 0.6 is 0 Å². The maximum atomic E-state index is 5.00. The quantitative estimate of drug-likeness (QED) is 0.808. The summed E-state index contributed by atoms with van der Waals surface area (Å²) in [5.74, 6) is 0. The van der Waals surface area contributed by atoms with Gasteiger partial charge in [-0.15, -0.1) is 0 Å². The van der Waals surface area contributed by atoms with Gasteiger partial charge in [-0.2, -0.15) is 0 Å². The van der Waals surface area contributed by atoms with E-state index < -0.39 is 0 Å². The molecule has 3 rings (SSSR count). The van der Waals surface area contributed by atoms with Gasteiger partial charge >= 0.3 is 0 Å². The van der Waals surface area contributed by atoms with Gasteiger partial charge in [-0.05, 0) is 69.2 Å². The number of nitrogens with zero attached hydrogens (tertiary/aromatic N) is 1. The normalized spacial score (nSPS) is 14.9. The Kier molecular flexibility index (Phi) is 3.64. The average molecular weight is 268 g/mol. The van der Waals surface area contributed by atoms with Crippen LogP contribution in [-0.4, -0.2) is 11.5 Å². The third-order valence-corrected chi connectivity index (χ3v) is 4.31. The number of nitrogens with one attached hydrogen (secondary N) is 1. The van der Waals surface area contributed by atoms with Gasteiger partial charge in [-0.3, -0.25) is 4.98 Å². The number of benzene rings is 1. The number of hydrogen-bond acceptors (Lipinski definition) is 2. The van der Waals surface area contributed by atoms with E-state index in [1.165, 1.54) is 64.7 Å². The molecule has 106 valence electrons. The molecule has 1 N–H and O–H groups in total. The van der Waals surface area contributed by atoms with Crippen molar-refractivity contribution >= 4 is 16.6 Å². The fourth-order valence-electron chi connectivity index (χ4n) is 3.49. The van der Waals surface area contributed by atoms with E-state index in [0.717, 1.165) is 13.0 Å². The Morgan fingerprint density at radius 2 is 1.90 bits per heavy atom. The lowest BCUT2D eigenvalue weighted by atomic mass is 9.97. The lowest BCUT2D eigenvalue weighted by Crippen LogP contribution is -2.07. The molecule has 20 heavy (non-hydrogen) atoms. The molecule has 1 aliphatic rings. The molecule has 0 radical (unpaired) electrons. The summed E-state index contributed by atoms with van der Waals surface area (Å²) in [7, 11) is 0. The number of pyridine rings is 1. The fourth-order valence-corrected chi connectivity index (χ4v) is 3.49. The van der Waals surface area contributed by atoms with Crippen molar-refractivity contribution in [2.75, 3.05) is 11.9 Å². The van der Waals surface area contributed by atoms with Crippen LogP contribution in [0, 0.1) is 13.8 Å². The Labute approximate surface area is 121 Å². The van der Waals surface area contributed by atoms with Crippen LogP contribution in [-0.2, 0) is 12.8 Å². The summed E-state index contributed by atoms with van der Waals surface area (Å²) in [6, 6.07) is 4.50. The third kappa shape index (κ3) is 2.28. The molecular weight excluding hydrogens is 244 g/mol. The number of aromatic nitrogens is 1. The van der Waals surface area contributed by atoms with E-state index in [1.54, 1.807) is 0 Å². The molecule has 0 atom stereocenters. The van der Waals surface area contributed by atoms with Crippen LogP contribution in [0.1, 0.15) is 48.6 Å². The molecule has 1 heterocycles. The Morgan fingerprint density at radius 1 is 1.10 bits per heavy atom. The molecule has 1 aromatic heterocycles. The lowest BCUT2D eigenvalue weighted by Gasteiger charge is -2.18. The van der Waals surface area contributed by atoms with Gasteiger partial charge in [-0.25, -0.2) is 0 Å². The monoisotopic (exact) mass is 268 g/mol. The molecule has 2 heteroatoms. The van der Waals surface area contributed by atoms with Gasteiger partial charge in [0.15, 0.2) is 0 Å². The lowest BCUT2D eigenvalue weighted by molar-refractivity contribution is 0.709. The minimum atomic E-state index is 0.971. The molecule has 0 spiro atoms. The van der Waals surface area contributed by atoms with Gasteiger partial charge < -0.3 is 5.32 Å². The van der Waals surface area contributed by atoms with E-state index in [0.29, 0.717) is 0 Å². The summed E-state index contributed by atoms with van der Waals surface area (Å²) in [6.45, 7) is 7.52. The molecule has 0 saturated heterocycles. The van der Waals surface area contributed by atoms with Crippen LogP contribution in [0.25, 0.3) is 10.9 Å². The molecule has 2 aromatic rings. The summed E-state index contributed by atoms with van der Waals surface area (Å²) in [6.07, 6.45) is 6.21. The van der Waals surface area contributed by atoms with Crippen LogP contribution in [0.3, 0.4) is 0 Å². The molecular formula is C18H24N2. The number of rotatable bonds is 2. The summed E-state index contributed by atoms with van der Waals surface area (Å²) < 4.78 is 0. The summed E-state index contributed by atoms with van der Waals surface area (Å²) >= 11 is 0. The topological polar surface area (TPSA) is 24.9 Å². The van der Waals surface area contributed by atoms with Crippen molar-refractivity contribution in [1.29, 1.82) is 0 Å². The van der Waals surface area contributed by atoms with Gasteiger partial charge in [0, 0.05) is 23.3 Å². The zero-order valence-electron chi connectivity index (χ0n) is 12.8. The summed E-state index contributed by atoms with van der Waals surface area (Å²) in [5.41, 5.74) is 7.97. The van der Waals surface area contributed by atoms with Gasteiger partial charge in [0.05, 0.1) is 5.52 Å². The molecule has 0 bridgehead atoms. The minimum absolute atomic E-state index is 0.971. The Hall–Kier alpha value is -1.57. The Morgan fingerprint density at radius 3 is 2.70 bits per heavy atom. The van der Waals surface area contributed by atoms with E-state index >= 15 is 0 Å². The van der Waals surface area contributed by atoms with E-state index in [1.807, 2.05) is 0 Å². The van der Waals surface area contributed by atoms with E-state index in [4.69, 9.17) is 4.98 Å². The fraction of sp³-hybridized carbons (Fsp3) is 0.500. The number of anilines is 1. The van der Waals surface area contributed by atoms with Crippen LogP contribution in [0.2, 0.25) is 0 Å². The smallest absolute Gasteiger partial charge is 0.0731 e. The molecule has 2 nitrogen and oxygen atoms in total. The predicted molar refractivity (Wildman–Crippen MR) is 86.6 cm³/mol. The third-order valence-electron chi connectivity index (χ3n) is 4.31. The molecule has 1 aromatic carbocycles. The summed E-state index contributed by atoms with van der Waals surface area (Å²) in [4.78, 5) is 5.00. The first kappa shape index (κ1) is 13.4. The van der Waals surface area contributed by atoms with Crippen LogP contribution in [0.15, 0.2) is 12.1 Å². The largest absolute Gasteiger partial charge is 0.384 e. The van der Waals surface area contributed by atoms with Crippen molar-refractivity contribution in [2.24, 2.45) is 0 Å². The average Bonchev–Trinajstić information content (AvgIpc) is 2.63. The first-order valence-corrected chi connectivity index (χ1v) is 7.87. The zero-order chi connectivity index (χ0) is 14.1. The van der Waals surface area contributed by atoms with Crippen LogP contribution in [0.5, 0.6) is 0 Å². The number of hydrogen-bond donors (Lipinski definition) is 1. The Balaban J connectivity index is 2.33. The van der Waals surface area contributed by atoms with Gasteiger partial charge in [0.1, 0.15) is 0 Å². The molecule has 1 aliphatic carbocycles. The van der Waals surface area contributed by atoms with Crippen molar-refractivity contribution in [3.05, 3.63) is 34.5 Å². The second-order valence-electron chi connectivity index (χ2n) is 5.98. The van der Waals surface area contributed by atoms with E-state index in [2.05, 4.69) is 38.2 Å². The second kappa shape index (κ2) is 5.43. The first-order valence-electron chi connectivity index (χ1n) is 7.87. The number of aryl methyl sites for hydroxylation is 3. The first-order chi connectivity index (χ1) is 9.70. The molecule has 0 fully saturated rings. The molecule has 0 amide bonds. The minimum Gasteiger partial charge on any atom is -0.384 e. The Bertz CT molecular complexity index is 644. The number of fused-ring (bicyclic) bond motifs is 2. The SMILES string of the molecule is CCNc1c2c(nc3cc(C)cc(C)c13)CCCCC2. The second-order valence-corrected chi connectivity index (χ2v) is 5.98. The highest BCUT2D eigenvalue weighted by Gasteiger charge is 2.18.